The number of hydrogen-bond donors (Lipinski definition) is 3. The van der Waals surface area contributed by atoms with Gasteiger partial charge in [-0.15, -0.1) is 0 Å². The topological polar surface area (TPSA) is 139 Å². The zero-order chi connectivity index (χ0) is 23.4. The molecule has 168 valence electrons. The molecule has 0 atom stereocenters. The number of nitrogens with one attached hydrogen (secondary N) is 3. The molecular formula is C22H19N5O5S. The molecule has 0 unspecified atom stereocenters. The van der Waals surface area contributed by atoms with E-state index < -0.39 is 14.9 Å². The molecule has 0 bridgehead atoms. The molecule has 0 amide bonds. The Kier molecular flexibility index (Phi) is 5.96. The monoisotopic (exact) mass is 465 g/mol. The standard InChI is InChI=1S/C22H19N5O5S/c1-32-21-9-5-4-8-19(21)26-33(30,31)22-12-16(27(28)29)10-11-20(22)25-24-14-15-13-23-18-7-3-2-6-17(15)18/h2-14,23,25-26H,1H3/b24-14+. The van der Waals surface area contributed by atoms with Gasteiger partial charge in [-0.1, -0.05) is 30.3 Å². The lowest BCUT2D eigenvalue weighted by molar-refractivity contribution is -0.385. The molecule has 0 aliphatic carbocycles. The summed E-state index contributed by atoms with van der Waals surface area (Å²) < 4.78 is 33.9. The number of anilines is 2. The third-order valence-electron chi connectivity index (χ3n) is 4.83. The van der Waals surface area contributed by atoms with E-state index in [1.54, 1.807) is 24.4 Å². The first-order chi connectivity index (χ1) is 15.9. The molecule has 4 aromatic rings. The maximum Gasteiger partial charge on any atom is 0.270 e. The van der Waals surface area contributed by atoms with Crippen molar-refractivity contribution in [2.45, 2.75) is 4.90 Å². The van der Waals surface area contributed by atoms with Gasteiger partial charge in [0.05, 0.1) is 29.6 Å². The Labute approximate surface area is 189 Å². The van der Waals surface area contributed by atoms with Gasteiger partial charge in [0.2, 0.25) is 0 Å². The third kappa shape index (κ3) is 4.62. The van der Waals surface area contributed by atoms with Gasteiger partial charge >= 0.3 is 0 Å². The minimum atomic E-state index is -4.23. The molecule has 0 saturated heterocycles. The van der Waals surface area contributed by atoms with Gasteiger partial charge in [-0.3, -0.25) is 20.3 Å². The molecule has 3 aromatic carbocycles. The second-order valence-electron chi connectivity index (χ2n) is 6.90. The highest BCUT2D eigenvalue weighted by Gasteiger charge is 2.23. The Bertz CT molecular complexity index is 1460. The SMILES string of the molecule is COc1ccccc1NS(=O)(=O)c1cc([N+](=O)[O-])ccc1N/N=C/c1c[nH]c2ccccc12. The smallest absolute Gasteiger partial charge is 0.270 e. The summed E-state index contributed by atoms with van der Waals surface area (Å²) in [6, 6.07) is 17.6. The van der Waals surface area contributed by atoms with Crippen LogP contribution in [-0.4, -0.2) is 31.6 Å². The predicted octanol–water partition coefficient (Wildman–Crippen LogP) is 4.33. The number of fused-ring (bicyclic) bond motifs is 1. The molecule has 10 nitrogen and oxygen atoms in total. The number of nitro groups is 1. The quantitative estimate of drug-likeness (QED) is 0.201. The molecule has 0 aliphatic rings. The number of rotatable bonds is 8. The van der Waals surface area contributed by atoms with Crippen molar-refractivity contribution in [2.75, 3.05) is 17.3 Å². The summed E-state index contributed by atoms with van der Waals surface area (Å²) in [5, 5.41) is 16.3. The minimum Gasteiger partial charge on any atom is -0.495 e. The van der Waals surface area contributed by atoms with Crippen LogP contribution in [0.5, 0.6) is 5.75 Å². The van der Waals surface area contributed by atoms with Gasteiger partial charge in [-0.05, 0) is 24.3 Å². The van der Waals surface area contributed by atoms with Crippen LogP contribution in [0.1, 0.15) is 5.56 Å². The van der Waals surface area contributed by atoms with Crippen molar-refractivity contribution >= 4 is 44.2 Å². The van der Waals surface area contributed by atoms with E-state index in [1.807, 2.05) is 24.3 Å². The second kappa shape index (κ2) is 9.01. The van der Waals surface area contributed by atoms with Crippen molar-refractivity contribution < 1.29 is 18.1 Å². The van der Waals surface area contributed by atoms with Gasteiger partial charge in [0, 0.05) is 34.8 Å². The molecule has 33 heavy (non-hydrogen) atoms. The van der Waals surface area contributed by atoms with Crippen LogP contribution in [0.15, 0.2) is 82.9 Å². The summed E-state index contributed by atoms with van der Waals surface area (Å²) in [7, 11) is -2.82. The maximum absolute atomic E-state index is 13.1. The van der Waals surface area contributed by atoms with Gasteiger partial charge in [0.1, 0.15) is 10.6 Å². The molecule has 0 radical (unpaired) electrons. The van der Waals surface area contributed by atoms with Gasteiger partial charge in [-0.25, -0.2) is 8.42 Å². The number of non-ortho nitro benzene ring substituents is 1. The summed E-state index contributed by atoms with van der Waals surface area (Å²) in [4.78, 5) is 13.4. The van der Waals surface area contributed by atoms with Crippen LogP contribution in [-0.2, 0) is 10.0 Å². The van der Waals surface area contributed by atoms with Crippen molar-refractivity contribution in [1.82, 2.24) is 4.98 Å². The Morgan fingerprint density at radius 1 is 1.06 bits per heavy atom. The highest BCUT2D eigenvalue weighted by atomic mass is 32.2. The number of hydrogen-bond acceptors (Lipinski definition) is 7. The Hall–Kier alpha value is -4.38. The number of ether oxygens (including phenoxy) is 1. The lowest BCUT2D eigenvalue weighted by Crippen LogP contribution is -2.15. The van der Waals surface area contributed by atoms with Gasteiger partial charge in [0.25, 0.3) is 15.7 Å². The first kappa shape index (κ1) is 21.8. The molecule has 3 N–H and O–H groups in total. The maximum atomic E-state index is 13.1. The van der Waals surface area contributed by atoms with E-state index in [-0.39, 0.29) is 22.0 Å². The number of nitro benzene ring substituents is 1. The van der Waals surface area contributed by atoms with Crippen molar-refractivity contribution in [3.05, 3.63) is 88.6 Å². The predicted molar refractivity (Wildman–Crippen MR) is 126 cm³/mol. The first-order valence-electron chi connectivity index (χ1n) is 9.68. The van der Waals surface area contributed by atoms with Gasteiger partial charge < -0.3 is 9.72 Å². The van der Waals surface area contributed by atoms with E-state index in [0.29, 0.717) is 5.75 Å². The molecule has 1 aromatic heterocycles. The van der Waals surface area contributed by atoms with Crippen LogP contribution in [0.4, 0.5) is 17.1 Å². The lowest BCUT2D eigenvalue weighted by atomic mass is 10.2. The largest absolute Gasteiger partial charge is 0.495 e. The Morgan fingerprint density at radius 2 is 1.82 bits per heavy atom. The molecule has 0 saturated carbocycles. The van der Waals surface area contributed by atoms with E-state index >= 15 is 0 Å². The van der Waals surface area contributed by atoms with Crippen LogP contribution in [0.2, 0.25) is 0 Å². The van der Waals surface area contributed by atoms with Crippen molar-refractivity contribution in [1.29, 1.82) is 0 Å². The number of hydrazone groups is 1. The summed E-state index contributed by atoms with van der Waals surface area (Å²) in [5.74, 6) is 0.304. The van der Waals surface area contributed by atoms with Crippen molar-refractivity contribution in [2.24, 2.45) is 5.10 Å². The number of benzene rings is 3. The van der Waals surface area contributed by atoms with E-state index in [4.69, 9.17) is 4.74 Å². The van der Waals surface area contributed by atoms with Crippen LogP contribution in [0.3, 0.4) is 0 Å². The zero-order valence-electron chi connectivity index (χ0n) is 17.3. The van der Waals surface area contributed by atoms with E-state index in [0.717, 1.165) is 22.5 Å². The molecule has 11 heteroatoms. The molecule has 0 aliphatic heterocycles. The van der Waals surface area contributed by atoms with Crippen molar-refractivity contribution in [3.8, 4) is 5.75 Å². The summed E-state index contributed by atoms with van der Waals surface area (Å²) in [6.07, 6.45) is 3.30. The highest BCUT2D eigenvalue weighted by molar-refractivity contribution is 7.93. The van der Waals surface area contributed by atoms with Crippen LogP contribution in [0, 0.1) is 10.1 Å². The number of aromatic nitrogens is 1. The van der Waals surface area contributed by atoms with Crippen LogP contribution >= 0.6 is 0 Å². The van der Waals surface area contributed by atoms with Crippen LogP contribution < -0.4 is 14.9 Å². The highest BCUT2D eigenvalue weighted by Crippen LogP contribution is 2.31. The average Bonchev–Trinajstić information content (AvgIpc) is 3.22. The third-order valence-corrected chi connectivity index (χ3v) is 6.23. The van der Waals surface area contributed by atoms with E-state index in [2.05, 4.69) is 20.2 Å². The van der Waals surface area contributed by atoms with E-state index in [1.165, 1.54) is 31.5 Å². The summed E-state index contributed by atoms with van der Waals surface area (Å²) in [6.45, 7) is 0. The molecule has 0 spiro atoms. The molecule has 0 fully saturated rings. The fourth-order valence-electron chi connectivity index (χ4n) is 3.24. The first-order valence-corrected chi connectivity index (χ1v) is 11.2. The average molecular weight is 465 g/mol. The summed E-state index contributed by atoms with van der Waals surface area (Å²) >= 11 is 0. The molecular weight excluding hydrogens is 446 g/mol. The second-order valence-corrected chi connectivity index (χ2v) is 8.55. The Balaban J connectivity index is 1.68. The molecule has 1 heterocycles. The minimum absolute atomic E-state index is 0.0686. The molecule has 4 rings (SSSR count). The number of para-hydroxylation sites is 3. The van der Waals surface area contributed by atoms with Crippen molar-refractivity contribution in [3.63, 3.8) is 0 Å². The fourth-order valence-corrected chi connectivity index (χ4v) is 4.49. The number of aromatic amines is 1. The van der Waals surface area contributed by atoms with Gasteiger partial charge in [-0.2, -0.15) is 5.10 Å². The number of methoxy groups -OCH3 is 1. The van der Waals surface area contributed by atoms with E-state index in [9.17, 15) is 18.5 Å². The zero-order valence-corrected chi connectivity index (χ0v) is 18.2. The normalized spacial score (nSPS) is 11.5. The number of nitrogens with zero attached hydrogens (tertiary/aromatic N) is 2. The van der Waals surface area contributed by atoms with Gasteiger partial charge in [0.15, 0.2) is 0 Å². The fraction of sp³-hybridized carbons (Fsp3) is 0.0455. The number of sulfonamides is 1. The lowest BCUT2D eigenvalue weighted by Gasteiger charge is -2.14. The number of H-pyrrole nitrogens is 1. The van der Waals surface area contributed by atoms with Crippen LogP contribution in [0.25, 0.3) is 10.9 Å². The Morgan fingerprint density at radius 3 is 2.61 bits per heavy atom. The summed E-state index contributed by atoms with van der Waals surface area (Å²) in [5.41, 5.74) is 4.29.